The number of carbonyl (C=O) groups excluding carboxylic acids is 1. The molecule has 1 unspecified atom stereocenters. The van der Waals surface area contributed by atoms with Gasteiger partial charge in [-0.3, -0.25) is 15.5 Å². The quantitative estimate of drug-likeness (QED) is 0.625. The molecule has 1 amide bonds. The minimum absolute atomic E-state index is 0.0820. The predicted octanol–water partition coefficient (Wildman–Crippen LogP) is -0.309. The molecule has 4 nitrogen and oxygen atoms in total. The maximum Gasteiger partial charge on any atom is 0.239 e. The molecule has 0 saturated heterocycles. The topological polar surface area (TPSA) is 65.3 Å². The molecule has 1 aliphatic heterocycles. The highest BCUT2D eigenvalue weighted by atomic mass is 16.2. The van der Waals surface area contributed by atoms with Crippen LogP contribution in [-0.2, 0) is 4.79 Å². The number of carbonyl (C=O) groups is 1. The van der Waals surface area contributed by atoms with Gasteiger partial charge in [-0.2, -0.15) is 0 Å². The molecule has 4 heteroatoms. The summed E-state index contributed by atoms with van der Waals surface area (Å²) in [5, 5.41) is 11.9. The summed E-state index contributed by atoms with van der Waals surface area (Å²) >= 11 is 0. The van der Waals surface area contributed by atoms with Crippen molar-refractivity contribution >= 4 is 29.7 Å². The zero-order valence-corrected chi connectivity index (χ0v) is 9.32. The monoisotopic (exact) mass is 225 g/mol. The first-order chi connectivity index (χ1) is 8.13. The molecule has 2 aliphatic rings. The van der Waals surface area contributed by atoms with E-state index in [0.717, 1.165) is 16.0 Å². The van der Waals surface area contributed by atoms with Crippen LogP contribution < -0.4 is 15.8 Å². The van der Waals surface area contributed by atoms with E-state index >= 15 is 0 Å². The van der Waals surface area contributed by atoms with Gasteiger partial charge in [-0.1, -0.05) is 29.8 Å². The van der Waals surface area contributed by atoms with E-state index in [-0.39, 0.29) is 17.8 Å². The number of hydrogen-bond donors (Lipinski definition) is 2. The zero-order chi connectivity index (χ0) is 12.0. The summed E-state index contributed by atoms with van der Waals surface area (Å²) < 4.78 is 0. The van der Waals surface area contributed by atoms with E-state index in [1.54, 1.807) is 0 Å². The number of guanidine groups is 1. The van der Waals surface area contributed by atoms with Crippen LogP contribution in [0.25, 0.3) is 12.2 Å². The third-order valence-corrected chi connectivity index (χ3v) is 2.98. The predicted molar refractivity (Wildman–Crippen MR) is 66.2 cm³/mol. The van der Waals surface area contributed by atoms with Gasteiger partial charge < -0.3 is 0 Å². The van der Waals surface area contributed by atoms with Gasteiger partial charge in [0.25, 0.3) is 0 Å². The number of amides is 1. The third kappa shape index (κ3) is 1.58. The molecule has 3 rings (SSSR count). The first-order valence-corrected chi connectivity index (χ1v) is 5.42. The van der Waals surface area contributed by atoms with Gasteiger partial charge in [0.2, 0.25) is 11.9 Å². The second kappa shape index (κ2) is 3.38. The number of aryl methyl sites for hydroxylation is 1. The molecule has 17 heavy (non-hydrogen) atoms. The zero-order valence-electron chi connectivity index (χ0n) is 9.32. The Labute approximate surface area is 97.9 Å². The van der Waals surface area contributed by atoms with E-state index in [4.69, 9.17) is 5.41 Å². The largest absolute Gasteiger partial charge is 0.294 e. The van der Waals surface area contributed by atoms with Crippen LogP contribution >= 0.6 is 0 Å². The molecule has 1 atom stereocenters. The number of rotatable bonds is 0. The van der Waals surface area contributed by atoms with Gasteiger partial charge in [-0.25, -0.2) is 4.99 Å². The Hall–Kier alpha value is -2.23. The lowest BCUT2D eigenvalue weighted by atomic mass is 9.93. The van der Waals surface area contributed by atoms with Crippen LogP contribution in [0.1, 0.15) is 5.56 Å². The van der Waals surface area contributed by atoms with Gasteiger partial charge in [-0.15, -0.1) is 0 Å². The molecule has 0 bridgehead atoms. The van der Waals surface area contributed by atoms with Crippen molar-refractivity contribution in [3.63, 3.8) is 0 Å². The number of hydrogen-bond acceptors (Lipinski definition) is 2. The summed E-state index contributed by atoms with van der Waals surface area (Å²) in [5.41, 5.74) is 1.81. The molecule has 1 aromatic rings. The summed E-state index contributed by atoms with van der Waals surface area (Å²) in [6.45, 7) is 2.02. The standard InChI is InChI=1S/C13H11N3O/c1-7-2-3-8-6-11-10(5-9(8)4-7)12(17)16-13(14)15-11/h2-6,10H,1H3,(H2,14,16,17). The molecule has 0 spiro atoms. The highest BCUT2D eigenvalue weighted by molar-refractivity contribution is 6.30. The molecular weight excluding hydrogens is 214 g/mol. The minimum Gasteiger partial charge on any atom is -0.294 e. The molecule has 1 aromatic carbocycles. The van der Waals surface area contributed by atoms with Gasteiger partial charge in [0.1, 0.15) is 0 Å². The van der Waals surface area contributed by atoms with E-state index < -0.39 is 0 Å². The molecule has 1 aliphatic carbocycles. The highest BCUT2D eigenvalue weighted by Gasteiger charge is 2.27. The fraction of sp³-hybridized carbons (Fsp3) is 0.154. The van der Waals surface area contributed by atoms with Crippen LogP contribution in [0.15, 0.2) is 23.2 Å². The second-order valence-corrected chi connectivity index (χ2v) is 4.30. The molecule has 0 radical (unpaired) electrons. The van der Waals surface area contributed by atoms with Crippen molar-refractivity contribution in [1.29, 1.82) is 5.41 Å². The first kappa shape index (κ1) is 9.96. The lowest BCUT2D eigenvalue weighted by molar-refractivity contribution is -0.120. The van der Waals surface area contributed by atoms with Crippen LogP contribution in [-0.4, -0.2) is 17.6 Å². The first-order valence-electron chi connectivity index (χ1n) is 5.42. The Morgan fingerprint density at radius 1 is 1.35 bits per heavy atom. The number of nitrogens with one attached hydrogen (secondary N) is 2. The Morgan fingerprint density at radius 2 is 2.18 bits per heavy atom. The number of fused-ring (bicyclic) bond motifs is 2. The van der Waals surface area contributed by atoms with E-state index in [1.807, 2.05) is 31.2 Å². The van der Waals surface area contributed by atoms with Gasteiger partial charge >= 0.3 is 0 Å². The van der Waals surface area contributed by atoms with Crippen molar-refractivity contribution in [3.05, 3.63) is 34.2 Å². The van der Waals surface area contributed by atoms with Crippen molar-refractivity contribution < 1.29 is 4.79 Å². The summed E-state index contributed by atoms with van der Waals surface area (Å²) in [5.74, 6) is -0.622. The normalized spacial score (nSPS) is 21.5. The Balaban J connectivity index is 2.28. The summed E-state index contributed by atoms with van der Waals surface area (Å²) in [4.78, 5) is 15.8. The number of benzene rings is 1. The van der Waals surface area contributed by atoms with E-state index in [2.05, 4.69) is 16.4 Å². The Kier molecular flexibility index (Phi) is 1.98. The Morgan fingerprint density at radius 3 is 3.00 bits per heavy atom. The lowest BCUT2D eigenvalue weighted by Gasteiger charge is -2.20. The fourth-order valence-electron chi connectivity index (χ4n) is 2.15. The van der Waals surface area contributed by atoms with Crippen LogP contribution in [0.5, 0.6) is 0 Å². The lowest BCUT2D eigenvalue weighted by Crippen LogP contribution is -2.46. The van der Waals surface area contributed by atoms with E-state index in [0.29, 0.717) is 5.71 Å². The molecule has 84 valence electrons. The van der Waals surface area contributed by atoms with Gasteiger partial charge in [-0.05, 0) is 23.4 Å². The second-order valence-electron chi connectivity index (χ2n) is 4.30. The van der Waals surface area contributed by atoms with E-state index in [1.165, 1.54) is 0 Å². The van der Waals surface area contributed by atoms with Gasteiger partial charge in [0.15, 0.2) is 0 Å². The molecule has 0 aromatic heterocycles. The molecule has 0 fully saturated rings. The highest BCUT2D eigenvalue weighted by Crippen LogP contribution is 2.11. The average Bonchev–Trinajstić information content (AvgIpc) is 2.27. The van der Waals surface area contributed by atoms with E-state index in [9.17, 15) is 4.79 Å². The maximum atomic E-state index is 11.7. The molecule has 2 N–H and O–H groups in total. The molecule has 0 saturated carbocycles. The average molecular weight is 225 g/mol. The fourth-order valence-corrected chi connectivity index (χ4v) is 2.15. The third-order valence-electron chi connectivity index (χ3n) is 2.98. The van der Waals surface area contributed by atoms with Crippen molar-refractivity contribution in [1.82, 2.24) is 5.32 Å². The Bertz CT molecular complexity index is 685. The van der Waals surface area contributed by atoms with Crippen molar-refractivity contribution in [2.45, 2.75) is 6.92 Å². The summed E-state index contributed by atoms with van der Waals surface area (Å²) in [7, 11) is 0. The van der Waals surface area contributed by atoms with Gasteiger partial charge in [0, 0.05) is 0 Å². The van der Waals surface area contributed by atoms with Crippen LogP contribution in [0.4, 0.5) is 0 Å². The number of aliphatic imine (C=N–C) groups is 1. The summed E-state index contributed by atoms with van der Waals surface area (Å²) in [6.07, 6.45) is 3.79. The SMILES string of the molecule is Cc1ccc2c(c1)=CC1C(=O)NC(=N)N=C1C=2. The minimum atomic E-state index is -0.363. The van der Waals surface area contributed by atoms with Gasteiger partial charge in [0.05, 0.1) is 11.6 Å². The van der Waals surface area contributed by atoms with Crippen LogP contribution in [0.2, 0.25) is 0 Å². The molecule has 1 heterocycles. The van der Waals surface area contributed by atoms with Crippen molar-refractivity contribution in [2.24, 2.45) is 10.9 Å². The van der Waals surface area contributed by atoms with Crippen molar-refractivity contribution in [3.8, 4) is 0 Å². The summed E-state index contributed by atoms with van der Waals surface area (Å²) in [6, 6.07) is 6.09. The molecular formula is C13H11N3O. The van der Waals surface area contributed by atoms with Crippen LogP contribution in [0, 0.1) is 18.3 Å². The number of nitrogens with zero attached hydrogens (tertiary/aromatic N) is 1. The smallest absolute Gasteiger partial charge is 0.239 e. The maximum absolute atomic E-state index is 11.7. The van der Waals surface area contributed by atoms with Crippen molar-refractivity contribution in [2.75, 3.05) is 0 Å². The van der Waals surface area contributed by atoms with Crippen LogP contribution in [0.3, 0.4) is 0 Å².